The monoisotopic (exact) mass is 350 g/mol. The van der Waals surface area contributed by atoms with Crippen molar-refractivity contribution >= 4 is 18.2 Å². The van der Waals surface area contributed by atoms with Crippen LogP contribution in [0.5, 0.6) is 0 Å². The molecule has 1 aliphatic rings. The van der Waals surface area contributed by atoms with Crippen molar-refractivity contribution in [2.45, 2.75) is 45.4 Å². The van der Waals surface area contributed by atoms with Crippen LogP contribution in [0.25, 0.3) is 0 Å². The van der Waals surface area contributed by atoms with Crippen LogP contribution in [-0.4, -0.2) is 41.4 Å². The van der Waals surface area contributed by atoms with E-state index in [9.17, 15) is 14.4 Å². The number of carbonyl (C=O) groups excluding carboxylic acids is 3. The minimum absolute atomic E-state index is 0.00788. The normalized spacial score (nSPS) is 16.8. The number of cyclic esters (lactones) is 1. The van der Waals surface area contributed by atoms with Crippen molar-refractivity contribution in [1.29, 1.82) is 0 Å². The van der Waals surface area contributed by atoms with Gasteiger partial charge in [0.2, 0.25) is 0 Å². The molecule has 25 heavy (non-hydrogen) atoms. The smallest absolute Gasteiger partial charge is 0.429 e. The van der Waals surface area contributed by atoms with E-state index in [1.54, 1.807) is 32.9 Å². The number of hydrogen-bond acceptors (Lipinski definition) is 6. The molecule has 0 spiro atoms. The van der Waals surface area contributed by atoms with Crippen molar-refractivity contribution in [3.05, 3.63) is 35.9 Å². The van der Waals surface area contributed by atoms with Crippen LogP contribution in [0, 0.1) is 0 Å². The maximum atomic E-state index is 12.4. The second-order valence-corrected chi connectivity index (χ2v) is 6.50. The molecule has 0 radical (unpaired) electrons. The van der Waals surface area contributed by atoms with Crippen molar-refractivity contribution in [3.63, 3.8) is 0 Å². The Hall–Kier alpha value is -2.77. The molecule has 2 amide bonds. The van der Waals surface area contributed by atoms with Crippen molar-refractivity contribution < 1.29 is 28.6 Å². The van der Waals surface area contributed by atoms with Crippen LogP contribution in [0.3, 0.4) is 0 Å². The van der Waals surface area contributed by atoms with Crippen molar-refractivity contribution in [3.8, 4) is 0 Å². The third-order valence-corrected chi connectivity index (χ3v) is 3.23. The highest BCUT2D eigenvalue weighted by atomic mass is 16.6. The number of hydrogen-bond donors (Lipinski definition) is 1. The van der Waals surface area contributed by atoms with Gasteiger partial charge in [0.1, 0.15) is 12.2 Å². The number of rotatable bonds is 3. The average molecular weight is 350 g/mol. The molecule has 1 N–H and O–H groups in total. The summed E-state index contributed by atoms with van der Waals surface area (Å²) in [4.78, 5) is 36.1. The molecule has 1 aromatic carbocycles. The van der Waals surface area contributed by atoms with Crippen molar-refractivity contribution in [1.82, 2.24) is 10.4 Å². The molecule has 0 unspecified atom stereocenters. The van der Waals surface area contributed by atoms with Gasteiger partial charge in [0, 0.05) is 6.42 Å². The number of esters is 1. The van der Waals surface area contributed by atoms with E-state index in [1.165, 1.54) is 0 Å². The molecule has 1 atom stereocenters. The predicted molar refractivity (Wildman–Crippen MR) is 87.2 cm³/mol. The standard InChI is InChI=1S/C17H22N2O6/c1-17(2,3)25-15(21)18-19(13-9-10-23-14(13)20)16(22)24-11-12-7-5-4-6-8-12/h4-8,13H,9-11H2,1-3H3,(H,18,21)/t13-/m0/s1. The van der Waals surface area contributed by atoms with Crippen LogP contribution in [0.2, 0.25) is 0 Å². The highest BCUT2D eigenvalue weighted by molar-refractivity contribution is 5.84. The van der Waals surface area contributed by atoms with Gasteiger partial charge in [0.05, 0.1) is 6.61 Å². The minimum Gasteiger partial charge on any atom is -0.464 e. The molecule has 8 nitrogen and oxygen atoms in total. The fraction of sp³-hybridized carbons (Fsp3) is 0.471. The largest absolute Gasteiger partial charge is 0.464 e. The first-order valence-corrected chi connectivity index (χ1v) is 7.92. The Kier molecular flexibility index (Phi) is 5.84. The molecule has 0 aliphatic carbocycles. The molecule has 0 aromatic heterocycles. The minimum atomic E-state index is -0.948. The van der Waals surface area contributed by atoms with Crippen LogP contribution in [0.4, 0.5) is 9.59 Å². The number of carbonyl (C=O) groups is 3. The van der Waals surface area contributed by atoms with E-state index in [1.807, 2.05) is 18.2 Å². The molecule has 0 bridgehead atoms. The molecule has 1 fully saturated rings. The second kappa shape index (κ2) is 7.87. The van der Waals surface area contributed by atoms with Gasteiger partial charge in [-0.1, -0.05) is 30.3 Å². The van der Waals surface area contributed by atoms with E-state index in [0.717, 1.165) is 10.6 Å². The molecule has 1 aliphatic heterocycles. The van der Waals surface area contributed by atoms with Crippen LogP contribution < -0.4 is 5.43 Å². The maximum Gasteiger partial charge on any atom is 0.429 e. The first-order valence-electron chi connectivity index (χ1n) is 7.92. The molecule has 1 heterocycles. The zero-order valence-corrected chi connectivity index (χ0v) is 14.5. The lowest BCUT2D eigenvalue weighted by Crippen LogP contribution is -2.54. The lowest BCUT2D eigenvalue weighted by molar-refractivity contribution is -0.142. The fourth-order valence-corrected chi connectivity index (χ4v) is 2.16. The van der Waals surface area contributed by atoms with Crippen LogP contribution in [-0.2, 0) is 25.6 Å². The molecule has 2 rings (SSSR count). The second-order valence-electron chi connectivity index (χ2n) is 6.50. The van der Waals surface area contributed by atoms with Crippen LogP contribution >= 0.6 is 0 Å². The lowest BCUT2D eigenvalue weighted by Gasteiger charge is -2.27. The Balaban J connectivity index is 2.04. The molecule has 0 saturated carbocycles. The topological polar surface area (TPSA) is 94.2 Å². The Morgan fingerprint density at radius 1 is 1.28 bits per heavy atom. The van der Waals surface area contributed by atoms with Crippen molar-refractivity contribution in [2.75, 3.05) is 6.61 Å². The Bertz CT molecular complexity index is 626. The molecular formula is C17H22N2O6. The molecule has 1 aromatic rings. The third kappa shape index (κ3) is 5.66. The summed E-state index contributed by atoms with van der Waals surface area (Å²) in [6, 6.07) is 8.11. The summed E-state index contributed by atoms with van der Waals surface area (Å²) in [6.07, 6.45) is -1.46. The van der Waals surface area contributed by atoms with Gasteiger partial charge < -0.3 is 14.2 Å². The number of amides is 2. The molecule has 8 heteroatoms. The Labute approximate surface area is 146 Å². The number of ether oxygens (including phenoxy) is 3. The summed E-state index contributed by atoms with van der Waals surface area (Å²) in [7, 11) is 0. The Morgan fingerprint density at radius 2 is 1.96 bits per heavy atom. The van der Waals surface area contributed by atoms with E-state index < -0.39 is 29.8 Å². The van der Waals surface area contributed by atoms with Crippen LogP contribution in [0.1, 0.15) is 32.8 Å². The van der Waals surface area contributed by atoms with Gasteiger partial charge in [-0.15, -0.1) is 0 Å². The van der Waals surface area contributed by atoms with Gasteiger partial charge in [-0.25, -0.2) is 24.8 Å². The van der Waals surface area contributed by atoms with Gasteiger partial charge in [-0.05, 0) is 26.3 Å². The highest BCUT2D eigenvalue weighted by Crippen LogP contribution is 2.15. The molecule has 1 saturated heterocycles. The number of nitrogens with one attached hydrogen (secondary N) is 1. The first kappa shape index (κ1) is 18.6. The summed E-state index contributed by atoms with van der Waals surface area (Å²) in [5, 5.41) is 0.826. The SMILES string of the molecule is CC(C)(C)OC(=O)NN(C(=O)OCc1ccccc1)[C@H]1CCOC1=O. The van der Waals surface area contributed by atoms with Gasteiger partial charge in [-0.2, -0.15) is 0 Å². The summed E-state index contributed by atoms with van der Waals surface area (Å²) < 4.78 is 15.2. The number of nitrogens with zero attached hydrogens (tertiary/aromatic N) is 1. The molecule has 136 valence electrons. The Morgan fingerprint density at radius 3 is 2.52 bits per heavy atom. The van der Waals surface area contributed by atoms with E-state index in [-0.39, 0.29) is 19.6 Å². The third-order valence-electron chi connectivity index (χ3n) is 3.23. The van der Waals surface area contributed by atoms with Crippen molar-refractivity contribution in [2.24, 2.45) is 0 Å². The van der Waals surface area contributed by atoms with E-state index in [0.29, 0.717) is 0 Å². The highest BCUT2D eigenvalue weighted by Gasteiger charge is 2.38. The molecular weight excluding hydrogens is 328 g/mol. The predicted octanol–water partition coefficient (Wildman–Crippen LogP) is 2.38. The summed E-state index contributed by atoms with van der Waals surface area (Å²) in [6.45, 7) is 5.24. The zero-order valence-electron chi connectivity index (χ0n) is 14.5. The van der Waals surface area contributed by atoms with Gasteiger partial charge in [0.15, 0.2) is 6.04 Å². The lowest BCUT2D eigenvalue weighted by atomic mass is 10.2. The summed E-state index contributed by atoms with van der Waals surface area (Å²) >= 11 is 0. The van der Waals surface area contributed by atoms with E-state index in [2.05, 4.69) is 5.43 Å². The zero-order chi connectivity index (χ0) is 18.4. The van der Waals surface area contributed by atoms with E-state index >= 15 is 0 Å². The van der Waals surface area contributed by atoms with Gasteiger partial charge >= 0.3 is 18.2 Å². The van der Waals surface area contributed by atoms with Gasteiger partial charge in [-0.3, -0.25) is 0 Å². The summed E-state index contributed by atoms with van der Waals surface area (Å²) in [5.41, 5.74) is 2.31. The fourth-order valence-electron chi connectivity index (χ4n) is 2.16. The first-order chi connectivity index (χ1) is 11.8. The maximum absolute atomic E-state index is 12.4. The number of hydrazine groups is 1. The summed E-state index contributed by atoms with van der Waals surface area (Å²) in [5.74, 6) is -0.604. The van der Waals surface area contributed by atoms with E-state index in [4.69, 9.17) is 14.2 Å². The van der Waals surface area contributed by atoms with Gasteiger partial charge in [0.25, 0.3) is 0 Å². The number of benzene rings is 1. The average Bonchev–Trinajstić information content (AvgIpc) is 2.95. The quantitative estimate of drug-likeness (QED) is 0.511. The van der Waals surface area contributed by atoms with Crippen LogP contribution in [0.15, 0.2) is 30.3 Å².